The molecule has 0 unspecified atom stereocenters. The van der Waals surface area contributed by atoms with E-state index in [4.69, 9.17) is 0 Å². The maximum Gasteiger partial charge on any atom is 0.145 e. The number of rotatable bonds is 1. The minimum absolute atomic E-state index is 0.383. The van der Waals surface area contributed by atoms with E-state index in [0.29, 0.717) is 6.04 Å². The van der Waals surface area contributed by atoms with Crippen LogP contribution in [0.25, 0.3) is 0 Å². The molecule has 1 aliphatic heterocycles. The van der Waals surface area contributed by atoms with Gasteiger partial charge in [0.05, 0.1) is 6.04 Å². The van der Waals surface area contributed by atoms with Gasteiger partial charge in [0.2, 0.25) is 0 Å². The van der Waals surface area contributed by atoms with Crippen molar-refractivity contribution in [3.05, 3.63) is 23.8 Å². The Hall–Kier alpha value is -0.960. The molecule has 1 aromatic heterocycles. The monoisotopic (exact) mass is 177 g/mol. The van der Waals surface area contributed by atoms with Gasteiger partial charge in [-0.3, -0.25) is 0 Å². The predicted octanol–water partition coefficient (Wildman–Crippen LogP) is 1.60. The van der Waals surface area contributed by atoms with Gasteiger partial charge in [-0.2, -0.15) is 0 Å². The molecule has 2 heterocycles. The summed E-state index contributed by atoms with van der Waals surface area (Å²) >= 11 is 0. The Labute approximate surface area is 78.6 Å². The molecule has 3 nitrogen and oxygen atoms in total. The molecule has 1 atom stereocenters. The third-order valence-electron chi connectivity index (χ3n) is 2.44. The van der Waals surface area contributed by atoms with Crippen molar-refractivity contribution in [3.63, 3.8) is 0 Å². The quantitative estimate of drug-likeness (QED) is 0.708. The number of piperidine rings is 1. The number of aryl methyl sites for hydroxylation is 1. The maximum absolute atomic E-state index is 4.42. The van der Waals surface area contributed by atoms with Crippen LogP contribution >= 0.6 is 0 Å². The second-order valence-corrected chi connectivity index (χ2v) is 3.56. The summed E-state index contributed by atoms with van der Waals surface area (Å²) < 4.78 is 0. The molecule has 0 spiro atoms. The van der Waals surface area contributed by atoms with Crippen molar-refractivity contribution in [3.8, 4) is 0 Å². The lowest BCUT2D eigenvalue weighted by molar-refractivity contribution is 0.396. The fourth-order valence-electron chi connectivity index (χ4n) is 1.71. The minimum Gasteiger partial charge on any atom is -0.307 e. The molecular weight excluding hydrogens is 162 g/mol. The smallest absolute Gasteiger partial charge is 0.145 e. The fourth-order valence-corrected chi connectivity index (χ4v) is 1.71. The van der Waals surface area contributed by atoms with E-state index in [1.165, 1.54) is 19.3 Å². The standard InChI is InChI=1S/C10H15N3/c1-8-5-7-12-10(13-8)9-4-2-3-6-11-9/h5,7,9,11H,2-4,6H2,1H3/t9-/m0/s1. The highest BCUT2D eigenvalue weighted by Crippen LogP contribution is 2.19. The van der Waals surface area contributed by atoms with Crippen molar-refractivity contribution < 1.29 is 0 Å². The van der Waals surface area contributed by atoms with Crippen LogP contribution in [0, 0.1) is 6.92 Å². The van der Waals surface area contributed by atoms with Gasteiger partial charge in [0.1, 0.15) is 5.82 Å². The van der Waals surface area contributed by atoms with Crippen LogP contribution in [0.3, 0.4) is 0 Å². The molecule has 1 aliphatic rings. The zero-order valence-electron chi connectivity index (χ0n) is 7.95. The van der Waals surface area contributed by atoms with Crippen LogP contribution in [-0.4, -0.2) is 16.5 Å². The average molecular weight is 177 g/mol. The van der Waals surface area contributed by atoms with Crippen LogP contribution in [0.4, 0.5) is 0 Å². The Bertz CT molecular complexity index is 279. The summed E-state index contributed by atoms with van der Waals surface area (Å²) in [5, 5.41) is 3.44. The van der Waals surface area contributed by atoms with Crippen LogP contribution in [0.2, 0.25) is 0 Å². The first-order chi connectivity index (χ1) is 6.36. The van der Waals surface area contributed by atoms with Gasteiger partial charge in [-0.15, -0.1) is 0 Å². The first kappa shape index (κ1) is 8.63. The summed E-state index contributed by atoms with van der Waals surface area (Å²) in [5.74, 6) is 0.958. The van der Waals surface area contributed by atoms with Crippen molar-refractivity contribution in [2.45, 2.75) is 32.2 Å². The second-order valence-electron chi connectivity index (χ2n) is 3.56. The van der Waals surface area contributed by atoms with Gasteiger partial charge < -0.3 is 5.32 Å². The van der Waals surface area contributed by atoms with Crippen LogP contribution < -0.4 is 5.32 Å². The molecule has 70 valence electrons. The van der Waals surface area contributed by atoms with Gasteiger partial charge in [0.15, 0.2) is 0 Å². The Balaban J connectivity index is 2.14. The fraction of sp³-hybridized carbons (Fsp3) is 0.600. The van der Waals surface area contributed by atoms with E-state index in [1.54, 1.807) is 0 Å². The van der Waals surface area contributed by atoms with Crippen molar-refractivity contribution >= 4 is 0 Å². The highest BCUT2D eigenvalue weighted by Gasteiger charge is 2.16. The van der Waals surface area contributed by atoms with E-state index in [2.05, 4.69) is 15.3 Å². The van der Waals surface area contributed by atoms with Gasteiger partial charge in [-0.1, -0.05) is 6.42 Å². The van der Waals surface area contributed by atoms with Crippen LogP contribution in [0.1, 0.15) is 36.8 Å². The highest BCUT2D eigenvalue weighted by atomic mass is 15.0. The van der Waals surface area contributed by atoms with E-state index in [-0.39, 0.29) is 0 Å². The molecule has 0 radical (unpaired) electrons. The van der Waals surface area contributed by atoms with Gasteiger partial charge in [-0.05, 0) is 32.4 Å². The summed E-state index contributed by atoms with van der Waals surface area (Å²) in [4.78, 5) is 8.71. The highest BCUT2D eigenvalue weighted by molar-refractivity contribution is 5.03. The molecule has 1 N–H and O–H groups in total. The maximum atomic E-state index is 4.42. The van der Waals surface area contributed by atoms with Crippen molar-refractivity contribution in [1.29, 1.82) is 0 Å². The van der Waals surface area contributed by atoms with Crippen molar-refractivity contribution in [1.82, 2.24) is 15.3 Å². The predicted molar refractivity (Wildman–Crippen MR) is 51.4 cm³/mol. The average Bonchev–Trinajstić information content (AvgIpc) is 2.19. The molecular formula is C10H15N3. The first-order valence-electron chi connectivity index (χ1n) is 4.89. The lowest BCUT2D eigenvalue weighted by atomic mass is 10.0. The zero-order valence-corrected chi connectivity index (χ0v) is 7.95. The van der Waals surface area contributed by atoms with E-state index in [0.717, 1.165) is 18.1 Å². The van der Waals surface area contributed by atoms with E-state index >= 15 is 0 Å². The third kappa shape index (κ3) is 2.04. The van der Waals surface area contributed by atoms with Gasteiger partial charge in [0.25, 0.3) is 0 Å². The lowest BCUT2D eigenvalue weighted by Gasteiger charge is -2.21. The van der Waals surface area contributed by atoms with E-state index in [9.17, 15) is 0 Å². The Morgan fingerprint density at radius 3 is 3.08 bits per heavy atom. The second kappa shape index (κ2) is 3.83. The van der Waals surface area contributed by atoms with E-state index < -0.39 is 0 Å². The Morgan fingerprint density at radius 1 is 1.46 bits per heavy atom. The van der Waals surface area contributed by atoms with Gasteiger partial charge in [-0.25, -0.2) is 9.97 Å². The molecule has 3 heteroatoms. The summed E-state index contributed by atoms with van der Waals surface area (Å²) in [6.07, 6.45) is 5.58. The molecule has 2 rings (SSSR count). The zero-order chi connectivity index (χ0) is 9.10. The number of hydrogen-bond acceptors (Lipinski definition) is 3. The van der Waals surface area contributed by atoms with Crippen LogP contribution in [0.5, 0.6) is 0 Å². The van der Waals surface area contributed by atoms with Gasteiger partial charge >= 0.3 is 0 Å². The molecule has 0 aliphatic carbocycles. The normalized spacial score (nSPS) is 23.0. The molecule has 0 amide bonds. The van der Waals surface area contributed by atoms with Gasteiger partial charge in [0, 0.05) is 11.9 Å². The SMILES string of the molecule is Cc1ccnc([C@@H]2CCCCN2)n1. The Morgan fingerprint density at radius 2 is 2.38 bits per heavy atom. The molecule has 0 aromatic carbocycles. The van der Waals surface area contributed by atoms with E-state index in [1.807, 2.05) is 19.2 Å². The molecule has 13 heavy (non-hydrogen) atoms. The van der Waals surface area contributed by atoms with Crippen molar-refractivity contribution in [2.24, 2.45) is 0 Å². The number of nitrogens with zero attached hydrogens (tertiary/aromatic N) is 2. The molecule has 1 saturated heterocycles. The minimum atomic E-state index is 0.383. The third-order valence-corrected chi connectivity index (χ3v) is 2.44. The molecule has 1 aromatic rings. The Kier molecular flexibility index (Phi) is 2.54. The summed E-state index contributed by atoms with van der Waals surface area (Å²) in [7, 11) is 0. The largest absolute Gasteiger partial charge is 0.307 e. The number of aromatic nitrogens is 2. The summed E-state index contributed by atoms with van der Waals surface area (Å²) in [6, 6.07) is 2.32. The molecule has 1 fully saturated rings. The molecule has 0 saturated carbocycles. The van der Waals surface area contributed by atoms with Crippen LogP contribution in [-0.2, 0) is 0 Å². The van der Waals surface area contributed by atoms with Crippen LogP contribution in [0.15, 0.2) is 12.3 Å². The topological polar surface area (TPSA) is 37.8 Å². The first-order valence-corrected chi connectivity index (χ1v) is 4.89. The summed E-state index contributed by atoms with van der Waals surface area (Å²) in [6.45, 7) is 3.11. The summed E-state index contributed by atoms with van der Waals surface area (Å²) in [5.41, 5.74) is 1.05. The lowest BCUT2D eigenvalue weighted by Crippen LogP contribution is -2.28. The number of nitrogens with one attached hydrogen (secondary N) is 1. The van der Waals surface area contributed by atoms with Crippen molar-refractivity contribution in [2.75, 3.05) is 6.54 Å². The number of hydrogen-bond donors (Lipinski definition) is 1. The molecule has 0 bridgehead atoms.